The number of carbonyl (C=O) groups excluding carboxylic acids is 1. The van der Waals surface area contributed by atoms with Crippen molar-refractivity contribution >= 4 is 5.97 Å². The van der Waals surface area contributed by atoms with Crippen LogP contribution in [-0.2, 0) is 4.74 Å². The zero-order chi connectivity index (χ0) is 19.1. The minimum atomic E-state index is -0.308. The van der Waals surface area contributed by atoms with E-state index in [0.717, 1.165) is 5.56 Å². The van der Waals surface area contributed by atoms with Crippen molar-refractivity contribution in [3.8, 4) is 5.75 Å². The van der Waals surface area contributed by atoms with E-state index in [2.05, 4.69) is 24.3 Å². The summed E-state index contributed by atoms with van der Waals surface area (Å²) in [5.74, 6) is 1.52. The third-order valence-electron chi connectivity index (χ3n) is 5.29. The Morgan fingerprint density at radius 2 is 1.67 bits per heavy atom. The molecule has 0 N–H and O–H groups in total. The van der Waals surface area contributed by atoms with Crippen LogP contribution in [0.25, 0.3) is 0 Å². The molecule has 142 valence electrons. The average Bonchev–Trinajstić information content (AvgIpc) is 2.70. The van der Waals surface area contributed by atoms with Gasteiger partial charge in [-0.1, -0.05) is 42.0 Å². The van der Waals surface area contributed by atoms with Crippen molar-refractivity contribution in [1.82, 2.24) is 0 Å². The molecule has 0 radical (unpaired) electrons. The molecule has 0 spiro atoms. The number of hydrogen-bond acceptors (Lipinski definition) is 3. The lowest BCUT2D eigenvalue weighted by Gasteiger charge is -2.27. The van der Waals surface area contributed by atoms with E-state index in [0.29, 0.717) is 29.8 Å². The Balaban J connectivity index is 1.54. The number of ether oxygens (including phenoxy) is 2. The minimum absolute atomic E-state index is 0.308. The first-order chi connectivity index (χ1) is 13.2. The molecule has 0 unspecified atom stereocenters. The maximum atomic E-state index is 12.3. The molecular formula is C24H28O3. The van der Waals surface area contributed by atoms with Crippen molar-refractivity contribution < 1.29 is 14.3 Å². The molecule has 1 fully saturated rings. The standard InChI is InChI=1S/C24H28O3/c1-18-5-15-23(16-6-18)27-24(25)22-13-11-21(12-14-22)20-9-7-19(8-10-20)4-3-17-26-2/h3-6,11-16,19-20H,7-10,17H2,1-2H3. The van der Waals surface area contributed by atoms with Crippen molar-refractivity contribution in [3.63, 3.8) is 0 Å². The molecule has 0 saturated heterocycles. The molecule has 3 rings (SSSR count). The fourth-order valence-electron chi connectivity index (χ4n) is 3.65. The van der Waals surface area contributed by atoms with E-state index >= 15 is 0 Å². The third kappa shape index (κ3) is 5.54. The van der Waals surface area contributed by atoms with Gasteiger partial charge in [0.1, 0.15) is 5.75 Å². The summed E-state index contributed by atoms with van der Waals surface area (Å²) in [7, 11) is 1.72. The molecule has 27 heavy (non-hydrogen) atoms. The van der Waals surface area contributed by atoms with Gasteiger partial charge in [0, 0.05) is 7.11 Å². The van der Waals surface area contributed by atoms with Gasteiger partial charge in [0.15, 0.2) is 0 Å². The first-order valence-corrected chi connectivity index (χ1v) is 9.70. The number of hydrogen-bond donors (Lipinski definition) is 0. The van der Waals surface area contributed by atoms with Crippen molar-refractivity contribution in [2.75, 3.05) is 13.7 Å². The van der Waals surface area contributed by atoms with E-state index < -0.39 is 0 Å². The normalized spacial score (nSPS) is 19.9. The number of carbonyl (C=O) groups is 1. The lowest BCUT2D eigenvalue weighted by Crippen LogP contribution is -2.12. The summed E-state index contributed by atoms with van der Waals surface area (Å²) in [5.41, 5.74) is 3.06. The Kier molecular flexibility index (Phi) is 6.83. The zero-order valence-electron chi connectivity index (χ0n) is 16.2. The highest BCUT2D eigenvalue weighted by Gasteiger charge is 2.21. The van der Waals surface area contributed by atoms with Crippen LogP contribution >= 0.6 is 0 Å². The van der Waals surface area contributed by atoms with Gasteiger partial charge in [-0.3, -0.25) is 0 Å². The van der Waals surface area contributed by atoms with Crippen molar-refractivity contribution in [1.29, 1.82) is 0 Å². The van der Waals surface area contributed by atoms with Gasteiger partial charge in [0.25, 0.3) is 0 Å². The van der Waals surface area contributed by atoms with Gasteiger partial charge in [0.2, 0.25) is 0 Å². The van der Waals surface area contributed by atoms with Crippen LogP contribution in [0, 0.1) is 12.8 Å². The molecule has 0 bridgehead atoms. The molecular weight excluding hydrogens is 336 g/mol. The van der Waals surface area contributed by atoms with Gasteiger partial charge in [-0.25, -0.2) is 4.79 Å². The number of aryl methyl sites for hydroxylation is 1. The topological polar surface area (TPSA) is 35.5 Å². The van der Waals surface area contributed by atoms with Crippen molar-refractivity contribution in [2.45, 2.75) is 38.5 Å². The smallest absolute Gasteiger partial charge is 0.343 e. The van der Waals surface area contributed by atoms with E-state index in [1.807, 2.05) is 43.3 Å². The van der Waals surface area contributed by atoms with Crippen molar-refractivity contribution in [3.05, 3.63) is 77.4 Å². The van der Waals surface area contributed by atoms with Crippen LogP contribution in [0.5, 0.6) is 5.75 Å². The second kappa shape index (κ2) is 9.52. The van der Waals surface area contributed by atoms with Crippen LogP contribution in [-0.4, -0.2) is 19.7 Å². The highest BCUT2D eigenvalue weighted by Crippen LogP contribution is 2.36. The fraction of sp³-hybridized carbons (Fsp3) is 0.375. The fourth-order valence-corrected chi connectivity index (χ4v) is 3.65. The summed E-state index contributed by atoms with van der Waals surface area (Å²) in [5, 5.41) is 0. The molecule has 3 heteroatoms. The quantitative estimate of drug-likeness (QED) is 0.375. The lowest BCUT2D eigenvalue weighted by atomic mass is 9.78. The highest BCUT2D eigenvalue weighted by atomic mass is 16.5. The SMILES string of the molecule is COCC=CC1CCC(c2ccc(C(=O)Oc3ccc(C)cc3)cc2)CC1. The Labute approximate surface area is 162 Å². The lowest BCUT2D eigenvalue weighted by molar-refractivity contribution is 0.0734. The van der Waals surface area contributed by atoms with E-state index in [9.17, 15) is 4.79 Å². The number of esters is 1. The second-order valence-electron chi connectivity index (χ2n) is 7.32. The number of benzene rings is 2. The molecule has 0 atom stereocenters. The largest absolute Gasteiger partial charge is 0.423 e. The summed E-state index contributed by atoms with van der Waals surface area (Å²) < 4.78 is 10.5. The maximum Gasteiger partial charge on any atom is 0.343 e. The van der Waals surface area contributed by atoms with Gasteiger partial charge in [-0.05, 0) is 74.3 Å². The molecule has 3 nitrogen and oxygen atoms in total. The summed E-state index contributed by atoms with van der Waals surface area (Å²) in [6.45, 7) is 2.70. The molecule has 2 aromatic rings. The predicted molar refractivity (Wildman–Crippen MR) is 108 cm³/mol. The number of methoxy groups -OCH3 is 1. The Bertz CT molecular complexity index is 751. The minimum Gasteiger partial charge on any atom is -0.423 e. The molecule has 2 aromatic carbocycles. The van der Waals surface area contributed by atoms with Crippen molar-refractivity contribution in [2.24, 2.45) is 5.92 Å². The van der Waals surface area contributed by atoms with E-state index in [-0.39, 0.29) is 5.97 Å². The van der Waals surface area contributed by atoms with Gasteiger partial charge in [-0.15, -0.1) is 0 Å². The molecule has 0 heterocycles. The van der Waals surface area contributed by atoms with Crippen LogP contribution < -0.4 is 4.74 Å². The first kappa shape index (κ1) is 19.4. The molecule has 0 aliphatic heterocycles. The van der Waals surface area contributed by atoms with E-state index in [4.69, 9.17) is 9.47 Å². The summed E-state index contributed by atoms with van der Waals surface area (Å²) in [4.78, 5) is 12.3. The van der Waals surface area contributed by atoms with E-state index in [1.165, 1.54) is 31.2 Å². The van der Waals surface area contributed by atoms with Crippen LogP contribution in [0.3, 0.4) is 0 Å². The van der Waals surface area contributed by atoms with Crippen LogP contribution in [0.4, 0.5) is 0 Å². The third-order valence-corrected chi connectivity index (χ3v) is 5.29. The Morgan fingerprint density at radius 1 is 1.00 bits per heavy atom. The maximum absolute atomic E-state index is 12.3. The van der Waals surface area contributed by atoms with Gasteiger partial charge in [0.05, 0.1) is 12.2 Å². The summed E-state index contributed by atoms with van der Waals surface area (Å²) in [6, 6.07) is 15.4. The summed E-state index contributed by atoms with van der Waals surface area (Å²) in [6.07, 6.45) is 9.22. The van der Waals surface area contributed by atoms with Gasteiger partial charge >= 0.3 is 5.97 Å². The number of allylic oxidation sites excluding steroid dienone is 1. The van der Waals surface area contributed by atoms with Crippen LogP contribution in [0.1, 0.15) is 53.1 Å². The van der Waals surface area contributed by atoms with E-state index in [1.54, 1.807) is 7.11 Å². The molecule has 0 aromatic heterocycles. The molecule has 0 amide bonds. The second-order valence-corrected chi connectivity index (χ2v) is 7.32. The first-order valence-electron chi connectivity index (χ1n) is 9.70. The van der Waals surface area contributed by atoms with Gasteiger partial charge < -0.3 is 9.47 Å². The van der Waals surface area contributed by atoms with Gasteiger partial charge in [-0.2, -0.15) is 0 Å². The summed E-state index contributed by atoms with van der Waals surface area (Å²) >= 11 is 0. The molecule has 1 saturated carbocycles. The van der Waals surface area contributed by atoms with Crippen LogP contribution in [0.15, 0.2) is 60.7 Å². The Hall–Kier alpha value is -2.39. The number of rotatable bonds is 6. The molecule has 1 aliphatic carbocycles. The average molecular weight is 364 g/mol. The monoisotopic (exact) mass is 364 g/mol. The van der Waals surface area contributed by atoms with Crippen LogP contribution in [0.2, 0.25) is 0 Å². The predicted octanol–water partition coefficient (Wildman–Crippen LogP) is 5.69. The highest BCUT2D eigenvalue weighted by molar-refractivity contribution is 5.91. The zero-order valence-corrected chi connectivity index (χ0v) is 16.2. The Morgan fingerprint density at radius 3 is 2.30 bits per heavy atom. The molecule has 1 aliphatic rings.